The number of halogens is 1. The molecular weight excluding hydrogens is 306 g/mol. The van der Waals surface area contributed by atoms with Gasteiger partial charge in [0.15, 0.2) is 22.6 Å². The van der Waals surface area contributed by atoms with Crippen LogP contribution in [0.2, 0.25) is 5.15 Å². The first-order chi connectivity index (χ1) is 10.7. The topological polar surface area (TPSA) is 83.4 Å². The van der Waals surface area contributed by atoms with E-state index in [4.69, 9.17) is 31.2 Å². The van der Waals surface area contributed by atoms with Crippen molar-refractivity contribution in [2.24, 2.45) is 0 Å². The van der Waals surface area contributed by atoms with Gasteiger partial charge in [-0.05, 0) is 24.3 Å². The average molecular weight is 318 g/mol. The van der Waals surface area contributed by atoms with E-state index in [2.05, 4.69) is 9.97 Å². The van der Waals surface area contributed by atoms with Crippen molar-refractivity contribution in [3.05, 3.63) is 47.8 Å². The minimum absolute atomic E-state index is 0.0988. The van der Waals surface area contributed by atoms with E-state index < -0.39 is 0 Å². The third kappa shape index (κ3) is 2.82. The van der Waals surface area contributed by atoms with Crippen molar-refractivity contribution >= 4 is 17.4 Å². The molecule has 2 aromatic heterocycles. The molecule has 2 heterocycles. The van der Waals surface area contributed by atoms with Crippen LogP contribution in [0.15, 0.2) is 47.1 Å². The molecule has 2 N–H and O–H groups in total. The van der Waals surface area contributed by atoms with E-state index in [0.29, 0.717) is 23.1 Å². The Labute approximate surface area is 131 Å². The Bertz CT molecular complexity index is 767. The van der Waals surface area contributed by atoms with Crippen LogP contribution < -0.4 is 15.2 Å². The van der Waals surface area contributed by atoms with Gasteiger partial charge in [-0.15, -0.1) is 0 Å². The molecule has 7 heteroatoms. The summed E-state index contributed by atoms with van der Waals surface area (Å²) in [4.78, 5) is 8.29. The van der Waals surface area contributed by atoms with E-state index in [1.165, 1.54) is 6.26 Å². The first-order valence-electron chi connectivity index (χ1n) is 6.36. The van der Waals surface area contributed by atoms with Gasteiger partial charge in [-0.25, -0.2) is 9.97 Å². The van der Waals surface area contributed by atoms with Crippen molar-refractivity contribution in [2.75, 3.05) is 12.8 Å². The summed E-state index contributed by atoms with van der Waals surface area (Å²) in [6, 6.07) is 10.5. The quantitative estimate of drug-likeness (QED) is 0.737. The highest BCUT2D eigenvalue weighted by molar-refractivity contribution is 6.31. The lowest BCUT2D eigenvalue weighted by molar-refractivity contribution is 0.409. The summed E-state index contributed by atoms with van der Waals surface area (Å²) in [5.41, 5.74) is 5.91. The second kappa shape index (κ2) is 5.95. The molecule has 0 radical (unpaired) electrons. The number of ether oxygens (including phenoxy) is 2. The molecule has 112 valence electrons. The molecular formula is C15H12ClN3O3. The maximum atomic E-state index is 6.15. The summed E-state index contributed by atoms with van der Waals surface area (Å²) in [5.74, 6) is 2.24. The molecule has 0 atom stereocenters. The Kier molecular flexibility index (Phi) is 3.84. The van der Waals surface area contributed by atoms with Crippen LogP contribution in [0.3, 0.4) is 0 Å². The highest BCUT2D eigenvalue weighted by atomic mass is 35.5. The molecule has 3 aromatic rings. The highest BCUT2D eigenvalue weighted by Crippen LogP contribution is 2.35. The van der Waals surface area contributed by atoms with E-state index in [1.807, 2.05) is 0 Å². The fourth-order valence-electron chi connectivity index (χ4n) is 1.83. The van der Waals surface area contributed by atoms with Crippen LogP contribution in [0.4, 0.5) is 5.82 Å². The Hall–Kier alpha value is -2.73. The van der Waals surface area contributed by atoms with Crippen molar-refractivity contribution in [1.29, 1.82) is 0 Å². The highest BCUT2D eigenvalue weighted by Gasteiger charge is 2.16. The van der Waals surface area contributed by atoms with Gasteiger partial charge < -0.3 is 19.6 Å². The van der Waals surface area contributed by atoms with Crippen LogP contribution in [-0.2, 0) is 0 Å². The zero-order valence-corrected chi connectivity index (χ0v) is 12.4. The molecule has 0 fully saturated rings. The zero-order valence-electron chi connectivity index (χ0n) is 11.6. The molecule has 1 aromatic carbocycles. The number of nitrogen functional groups attached to an aromatic ring is 1. The number of nitrogens with two attached hydrogens (primary N) is 1. The second-order valence-electron chi connectivity index (χ2n) is 4.31. The lowest BCUT2D eigenvalue weighted by atomic mass is 10.3. The van der Waals surface area contributed by atoms with Gasteiger partial charge in [0.1, 0.15) is 11.5 Å². The maximum absolute atomic E-state index is 6.15. The second-order valence-corrected chi connectivity index (χ2v) is 4.67. The number of nitrogens with zero attached hydrogens (tertiary/aromatic N) is 2. The summed E-state index contributed by atoms with van der Waals surface area (Å²) in [5, 5.41) is 0.0988. The molecule has 0 amide bonds. The molecule has 0 unspecified atom stereocenters. The summed E-state index contributed by atoms with van der Waals surface area (Å²) < 4.78 is 16.0. The monoisotopic (exact) mass is 317 g/mol. The predicted octanol–water partition coefficient (Wildman–Crippen LogP) is 3.77. The van der Waals surface area contributed by atoms with E-state index in [9.17, 15) is 0 Å². The van der Waals surface area contributed by atoms with Gasteiger partial charge in [0.05, 0.1) is 13.4 Å². The summed E-state index contributed by atoms with van der Waals surface area (Å²) >= 11 is 6.15. The number of methoxy groups -OCH3 is 1. The number of rotatable bonds is 4. The minimum Gasteiger partial charge on any atom is -0.497 e. The molecule has 6 nitrogen and oxygen atoms in total. The van der Waals surface area contributed by atoms with Crippen molar-refractivity contribution < 1.29 is 13.9 Å². The van der Waals surface area contributed by atoms with Gasteiger partial charge in [-0.1, -0.05) is 17.7 Å². The molecule has 22 heavy (non-hydrogen) atoms. The first-order valence-corrected chi connectivity index (χ1v) is 6.74. The molecule has 0 saturated heterocycles. The van der Waals surface area contributed by atoms with Crippen LogP contribution >= 0.6 is 11.6 Å². The Morgan fingerprint density at radius 1 is 1.14 bits per heavy atom. The van der Waals surface area contributed by atoms with Gasteiger partial charge in [-0.3, -0.25) is 0 Å². The SMILES string of the molecule is COc1cccc(Oc2c(N)nc(-c3ccco3)nc2Cl)c1. The summed E-state index contributed by atoms with van der Waals surface area (Å²) in [6.07, 6.45) is 1.52. The largest absolute Gasteiger partial charge is 0.497 e. The van der Waals surface area contributed by atoms with Crippen LogP contribution in [0.5, 0.6) is 17.2 Å². The normalized spacial score (nSPS) is 10.5. The zero-order chi connectivity index (χ0) is 15.5. The van der Waals surface area contributed by atoms with Crippen LogP contribution in [-0.4, -0.2) is 17.1 Å². The van der Waals surface area contributed by atoms with E-state index >= 15 is 0 Å². The number of anilines is 1. The average Bonchev–Trinajstić information content (AvgIpc) is 3.05. The maximum Gasteiger partial charge on any atom is 0.206 e. The molecule has 0 aliphatic rings. The van der Waals surface area contributed by atoms with Crippen molar-refractivity contribution in [3.8, 4) is 28.8 Å². The van der Waals surface area contributed by atoms with Crippen LogP contribution in [0.1, 0.15) is 0 Å². The smallest absolute Gasteiger partial charge is 0.206 e. The number of hydrogen-bond acceptors (Lipinski definition) is 6. The fourth-order valence-corrected chi connectivity index (χ4v) is 2.05. The van der Waals surface area contributed by atoms with Gasteiger partial charge in [0.2, 0.25) is 5.75 Å². The van der Waals surface area contributed by atoms with Crippen LogP contribution in [0, 0.1) is 0 Å². The van der Waals surface area contributed by atoms with Crippen molar-refractivity contribution in [3.63, 3.8) is 0 Å². The lowest BCUT2D eigenvalue weighted by Gasteiger charge is -2.10. The number of hydrogen-bond donors (Lipinski definition) is 1. The molecule has 0 saturated carbocycles. The molecule has 0 bridgehead atoms. The number of furan rings is 1. The fraction of sp³-hybridized carbons (Fsp3) is 0.0667. The lowest BCUT2D eigenvalue weighted by Crippen LogP contribution is -2.00. The Balaban J connectivity index is 1.94. The predicted molar refractivity (Wildman–Crippen MR) is 82.2 cm³/mol. The van der Waals surface area contributed by atoms with Gasteiger partial charge in [0, 0.05) is 6.07 Å². The number of aromatic nitrogens is 2. The van der Waals surface area contributed by atoms with Crippen molar-refractivity contribution in [1.82, 2.24) is 9.97 Å². The van der Waals surface area contributed by atoms with E-state index in [1.54, 1.807) is 43.5 Å². The van der Waals surface area contributed by atoms with Crippen molar-refractivity contribution in [2.45, 2.75) is 0 Å². The first kappa shape index (κ1) is 14.2. The van der Waals surface area contributed by atoms with Gasteiger partial charge in [-0.2, -0.15) is 0 Å². The third-order valence-electron chi connectivity index (χ3n) is 2.85. The molecule has 3 rings (SSSR count). The summed E-state index contributed by atoms with van der Waals surface area (Å²) in [6.45, 7) is 0. The van der Waals surface area contributed by atoms with E-state index in [0.717, 1.165) is 0 Å². The number of benzene rings is 1. The standard InChI is InChI=1S/C15H12ClN3O3/c1-20-9-4-2-5-10(8-9)22-12-13(16)18-15(19-14(12)17)11-6-3-7-21-11/h2-8H,1H3,(H2,17,18,19). The Morgan fingerprint density at radius 3 is 2.64 bits per heavy atom. The molecule has 0 aliphatic carbocycles. The third-order valence-corrected chi connectivity index (χ3v) is 3.11. The van der Waals surface area contributed by atoms with Crippen LogP contribution in [0.25, 0.3) is 11.6 Å². The molecule has 0 spiro atoms. The Morgan fingerprint density at radius 2 is 1.95 bits per heavy atom. The summed E-state index contributed by atoms with van der Waals surface area (Å²) in [7, 11) is 1.57. The minimum atomic E-state index is 0.0988. The van der Waals surface area contributed by atoms with E-state index in [-0.39, 0.29) is 16.7 Å². The van der Waals surface area contributed by atoms with Gasteiger partial charge >= 0.3 is 0 Å². The molecule has 0 aliphatic heterocycles. The van der Waals surface area contributed by atoms with Gasteiger partial charge in [0.25, 0.3) is 0 Å².